The predicted octanol–water partition coefficient (Wildman–Crippen LogP) is 14.4. The Morgan fingerprint density at radius 1 is 0.562 bits per heavy atom. The number of halogens is 3. The third-order valence-electron chi connectivity index (χ3n) is 9.55. The standard InChI is InChI=1S/C26H20O2.C15H11O2.C11H10O.C2H4I2.C2H5I/c27-25(20-11-3-1-4-12-20)24(26(28)21-13-5-2-6-14-21)18-22-16-9-15-19-10-7-8-17-23(19)22;16-14(12-7-3-1-4-8-12)11-15(17)13-9-5-2-6-10-13;12-8-10-6-3-5-9-4-1-2-7-11(9)10;1-2(3)4;1-2-3/h1-17,24H,18H2;1-5,7-10H,11H2;1-7,12H,8H2;2H,1H3;2H2,1H3/q;+1;;;. The van der Waals surface area contributed by atoms with Crippen molar-refractivity contribution in [3.8, 4) is 0 Å². The van der Waals surface area contributed by atoms with Crippen molar-refractivity contribution in [2.24, 2.45) is 5.92 Å². The van der Waals surface area contributed by atoms with Gasteiger partial charge in [-0.15, -0.1) is 0 Å². The van der Waals surface area contributed by atoms with Crippen LogP contribution in [0.5, 0.6) is 0 Å². The highest BCUT2D eigenvalue weighted by Gasteiger charge is 2.29. The maximum absolute atomic E-state index is 13.3. The second kappa shape index (κ2) is 28.7. The largest absolute Gasteiger partial charge is 0.392 e. The molecule has 0 aliphatic heterocycles. The van der Waals surface area contributed by atoms with E-state index in [1.165, 1.54) is 9.81 Å². The third-order valence-corrected chi connectivity index (χ3v) is 9.55. The zero-order valence-electron chi connectivity index (χ0n) is 35.7. The summed E-state index contributed by atoms with van der Waals surface area (Å²) in [5, 5.41) is 13.6. The first-order chi connectivity index (χ1) is 31.1. The molecular formula is C56H50I3O5+. The van der Waals surface area contributed by atoms with E-state index in [1.807, 2.05) is 115 Å². The molecule has 0 saturated carbocycles. The lowest BCUT2D eigenvalue weighted by Gasteiger charge is -2.17. The highest BCUT2D eigenvalue weighted by molar-refractivity contribution is 14.2. The van der Waals surface area contributed by atoms with Crippen LogP contribution in [0.3, 0.4) is 0 Å². The van der Waals surface area contributed by atoms with E-state index < -0.39 is 5.92 Å². The Balaban J connectivity index is 0.000000211. The van der Waals surface area contributed by atoms with Gasteiger partial charge in [0.15, 0.2) is 17.3 Å². The van der Waals surface area contributed by atoms with Crippen LogP contribution in [0.2, 0.25) is 0 Å². The van der Waals surface area contributed by atoms with Gasteiger partial charge >= 0.3 is 0 Å². The van der Waals surface area contributed by atoms with Gasteiger partial charge < -0.3 is 5.11 Å². The molecule has 8 heteroatoms. The number of alkyl halides is 3. The predicted molar refractivity (Wildman–Crippen MR) is 290 cm³/mol. The molecule has 0 fully saturated rings. The van der Waals surface area contributed by atoms with Crippen LogP contribution in [0.15, 0.2) is 206 Å². The first-order valence-corrected chi connectivity index (χ1v) is 24.7. The van der Waals surface area contributed by atoms with E-state index in [1.54, 1.807) is 72.8 Å². The molecule has 0 unspecified atom stereocenters. The number of benzene rings is 7. The first-order valence-electron chi connectivity index (χ1n) is 20.7. The first kappa shape index (κ1) is 51.7. The number of aliphatic hydroxyl groups is 1. The van der Waals surface area contributed by atoms with Gasteiger partial charge in [0.2, 0.25) is 5.78 Å². The van der Waals surface area contributed by atoms with Crippen LogP contribution in [0.25, 0.3) is 21.5 Å². The molecule has 0 heterocycles. The van der Waals surface area contributed by atoms with E-state index in [-0.39, 0.29) is 36.2 Å². The van der Waals surface area contributed by atoms with Crippen molar-refractivity contribution < 1.29 is 24.3 Å². The smallest absolute Gasteiger partial charge is 0.226 e. The van der Waals surface area contributed by atoms with Gasteiger partial charge in [-0.25, -0.2) is 0 Å². The molecule has 1 N–H and O–H groups in total. The number of fused-ring (bicyclic) bond motifs is 2. The van der Waals surface area contributed by atoms with Gasteiger partial charge in [-0.05, 0) is 50.4 Å². The molecule has 7 aromatic rings. The lowest BCUT2D eigenvalue weighted by atomic mass is 9.84. The summed E-state index contributed by atoms with van der Waals surface area (Å²) >= 11 is 6.95. The number of ketones is 4. The minimum Gasteiger partial charge on any atom is -0.392 e. The molecule has 1 aliphatic carbocycles. The lowest BCUT2D eigenvalue weighted by Crippen LogP contribution is -2.27. The van der Waals surface area contributed by atoms with Gasteiger partial charge in [0, 0.05) is 28.8 Å². The van der Waals surface area contributed by atoms with Crippen LogP contribution in [0.1, 0.15) is 62.5 Å². The summed E-state index contributed by atoms with van der Waals surface area (Å²) in [6.45, 7) is 4.36. The van der Waals surface area contributed by atoms with E-state index in [9.17, 15) is 19.2 Å². The number of rotatable bonds is 11. The Kier molecular flexibility index (Phi) is 23.2. The SMILES string of the molecule is CC(I)I.CCI.O=C(CC(=O)c1ccccc1)C1=CC=C[C+]=C1.O=C(c1ccccc1)C(Cc1cccc2ccccc12)C(=O)c1ccccc1.OCc1cccc2ccccc12. The second-order valence-electron chi connectivity index (χ2n) is 14.1. The molecule has 0 bridgehead atoms. The molecule has 0 aromatic heterocycles. The molecule has 0 radical (unpaired) electrons. The molecule has 7 aromatic carbocycles. The average molecular weight is 1180 g/mol. The Hall–Kier alpha value is -4.98. The quantitative estimate of drug-likeness (QED) is 0.0458. The number of hydrogen-bond donors (Lipinski definition) is 1. The molecule has 0 saturated heterocycles. The van der Waals surface area contributed by atoms with Crippen molar-refractivity contribution in [3.63, 3.8) is 0 Å². The minimum absolute atomic E-state index is 0.0954. The summed E-state index contributed by atoms with van der Waals surface area (Å²) in [4.78, 5) is 50.1. The van der Waals surface area contributed by atoms with Crippen molar-refractivity contribution in [3.05, 3.63) is 240 Å². The van der Waals surface area contributed by atoms with Crippen LogP contribution >= 0.6 is 67.8 Å². The van der Waals surface area contributed by atoms with E-state index in [0.717, 1.165) is 29.2 Å². The number of aliphatic hydroxyl groups excluding tert-OH is 1. The van der Waals surface area contributed by atoms with Gasteiger partial charge in [-0.2, -0.15) is 0 Å². The average Bonchev–Trinajstić information content (AvgIpc) is 3.34. The number of hydrogen-bond acceptors (Lipinski definition) is 5. The molecule has 0 amide bonds. The van der Waals surface area contributed by atoms with E-state index in [4.69, 9.17) is 5.11 Å². The van der Waals surface area contributed by atoms with Crippen molar-refractivity contribution >= 4 is 112 Å². The molecule has 0 spiro atoms. The molecule has 1 aliphatic rings. The molecular weight excluding hydrogens is 1130 g/mol. The summed E-state index contributed by atoms with van der Waals surface area (Å²) in [5.41, 5.74) is 4.23. The van der Waals surface area contributed by atoms with Crippen LogP contribution in [-0.4, -0.2) is 34.6 Å². The van der Waals surface area contributed by atoms with Crippen molar-refractivity contribution in [1.29, 1.82) is 0 Å². The fraction of sp³-hybridized carbons (Fsp3) is 0.143. The number of carbonyl (C=O) groups excluding carboxylic acids is 4. The van der Waals surface area contributed by atoms with Gasteiger partial charge in [0.05, 0.1) is 27.0 Å². The third kappa shape index (κ3) is 16.9. The lowest BCUT2D eigenvalue weighted by molar-refractivity contribution is -0.114. The van der Waals surface area contributed by atoms with Crippen molar-refractivity contribution in [1.82, 2.24) is 0 Å². The Morgan fingerprint density at radius 2 is 0.969 bits per heavy atom. The topological polar surface area (TPSA) is 88.5 Å². The van der Waals surface area contributed by atoms with Crippen molar-refractivity contribution in [2.45, 2.75) is 35.2 Å². The van der Waals surface area contributed by atoms with Gasteiger partial charge in [0.25, 0.3) is 0 Å². The van der Waals surface area contributed by atoms with Crippen LogP contribution in [-0.2, 0) is 17.8 Å². The van der Waals surface area contributed by atoms with Gasteiger partial charge in [-0.3, -0.25) is 19.2 Å². The van der Waals surface area contributed by atoms with E-state index >= 15 is 0 Å². The summed E-state index contributed by atoms with van der Waals surface area (Å²) in [6.07, 6.45) is 9.85. The van der Waals surface area contributed by atoms with Crippen LogP contribution in [0, 0.1) is 12.0 Å². The number of carbonyl (C=O) groups is 4. The fourth-order valence-electron chi connectivity index (χ4n) is 6.57. The Labute approximate surface area is 418 Å². The normalized spacial score (nSPS) is 11.0. The maximum atomic E-state index is 13.3. The number of allylic oxidation sites excluding steroid dienone is 6. The fourth-order valence-corrected chi connectivity index (χ4v) is 6.57. The maximum Gasteiger partial charge on any atom is 0.226 e. The molecule has 324 valence electrons. The molecule has 5 nitrogen and oxygen atoms in total. The highest BCUT2D eigenvalue weighted by Crippen LogP contribution is 2.26. The van der Waals surface area contributed by atoms with E-state index in [0.29, 0.717) is 28.7 Å². The summed E-state index contributed by atoms with van der Waals surface area (Å²) in [5.74, 6) is -1.35. The summed E-state index contributed by atoms with van der Waals surface area (Å²) in [7, 11) is 0. The molecule has 0 atom stereocenters. The van der Waals surface area contributed by atoms with Crippen LogP contribution < -0.4 is 0 Å². The monoisotopic (exact) mass is 1180 g/mol. The molecule has 8 rings (SSSR count). The van der Waals surface area contributed by atoms with E-state index in [2.05, 4.69) is 99.8 Å². The summed E-state index contributed by atoms with van der Waals surface area (Å²) < 4.78 is 1.99. The highest BCUT2D eigenvalue weighted by atomic mass is 127. The Morgan fingerprint density at radius 3 is 1.42 bits per heavy atom. The molecule has 64 heavy (non-hydrogen) atoms. The van der Waals surface area contributed by atoms with Gasteiger partial charge in [-0.1, -0.05) is 251 Å². The van der Waals surface area contributed by atoms with Crippen LogP contribution in [0.4, 0.5) is 0 Å². The summed E-state index contributed by atoms with van der Waals surface area (Å²) in [6, 6.07) is 55.1. The Bertz CT molecular complexity index is 2590. The number of Topliss-reactive ketones (excluding diaryl/α,β-unsaturated/α-hetero) is 4. The zero-order chi connectivity index (χ0) is 46.1. The van der Waals surface area contributed by atoms with Crippen molar-refractivity contribution in [2.75, 3.05) is 4.43 Å². The van der Waals surface area contributed by atoms with Gasteiger partial charge in [0.1, 0.15) is 17.7 Å². The minimum atomic E-state index is -0.754. The second-order valence-corrected chi connectivity index (χ2v) is 21.8. The zero-order valence-corrected chi connectivity index (χ0v) is 42.2.